The number of rotatable bonds is 7. The fraction of sp³-hybridized carbons (Fsp3) is 0.524. The van der Waals surface area contributed by atoms with E-state index in [1.807, 2.05) is 0 Å². The standard InChI is InChI=1S/C21H29N7O/c1-3-4-11-29-21-26-19(22)20-24-13-17(28(20)27-21)12-16-5-6-18(25-14(16)2)15-7-9-23-10-8-15/h5-6,13,15,23H,3-4,7-12H2,1-2H3,(H2,22,26,27). The molecule has 0 saturated carbocycles. The van der Waals surface area contributed by atoms with Gasteiger partial charge in [0.25, 0.3) is 0 Å². The molecule has 0 spiro atoms. The minimum absolute atomic E-state index is 0.291. The lowest BCUT2D eigenvalue weighted by molar-refractivity contribution is 0.280. The average molecular weight is 396 g/mol. The van der Waals surface area contributed by atoms with Crippen molar-refractivity contribution in [1.82, 2.24) is 29.9 Å². The molecular weight excluding hydrogens is 366 g/mol. The van der Waals surface area contributed by atoms with Crippen molar-refractivity contribution < 1.29 is 4.74 Å². The Hall–Kier alpha value is -2.74. The summed E-state index contributed by atoms with van der Waals surface area (Å²) in [5.41, 5.74) is 11.0. The number of ether oxygens (including phenoxy) is 1. The number of anilines is 1. The first-order chi connectivity index (χ1) is 14.2. The number of aryl methyl sites for hydroxylation is 1. The number of hydrogen-bond donors (Lipinski definition) is 2. The molecule has 8 heteroatoms. The lowest BCUT2D eigenvalue weighted by atomic mass is 9.93. The van der Waals surface area contributed by atoms with Crippen LogP contribution in [-0.4, -0.2) is 44.3 Å². The molecule has 1 aliphatic heterocycles. The van der Waals surface area contributed by atoms with Gasteiger partial charge in [0, 0.05) is 23.7 Å². The molecule has 4 heterocycles. The first kappa shape index (κ1) is 19.6. The summed E-state index contributed by atoms with van der Waals surface area (Å²) in [7, 11) is 0. The predicted molar refractivity (Wildman–Crippen MR) is 112 cm³/mol. The van der Waals surface area contributed by atoms with E-state index in [0.29, 0.717) is 36.4 Å². The van der Waals surface area contributed by atoms with Gasteiger partial charge in [0.2, 0.25) is 0 Å². The third-order valence-corrected chi connectivity index (χ3v) is 5.51. The first-order valence-corrected chi connectivity index (χ1v) is 10.5. The quantitative estimate of drug-likeness (QED) is 0.593. The molecule has 3 aromatic rings. The van der Waals surface area contributed by atoms with Gasteiger partial charge in [-0.3, -0.25) is 4.98 Å². The third kappa shape index (κ3) is 4.32. The summed E-state index contributed by atoms with van der Waals surface area (Å²) in [6, 6.07) is 4.64. The number of fused-ring (bicyclic) bond motifs is 1. The van der Waals surface area contributed by atoms with Crippen LogP contribution in [0.15, 0.2) is 18.3 Å². The molecule has 0 bridgehead atoms. The van der Waals surface area contributed by atoms with Crippen molar-refractivity contribution in [1.29, 1.82) is 0 Å². The SMILES string of the molecule is CCCCOc1nc(N)c2ncc(Cc3ccc(C4CCNCC4)nc3C)n2n1. The van der Waals surface area contributed by atoms with E-state index in [4.69, 9.17) is 15.5 Å². The summed E-state index contributed by atoms with van der Waals surface area (Å²) < 4.78 is 7.39. The molecule has 3 N–H and O–H groups in total. The number of pyridine rings is 1. The Balaban J connectivity index is 1.57. The molecule has 4 rings (SSSR count). The molecular formula is C21H29N7O. The molecule has 3 aromatic heterocycles. The van der Waals surface area contributed by atoms with Gasteiger partial charge in [-0.1, -0.05) is 19.4 Å². The minimum atomic E-state index is 0.291. The van der Waals surface area contributed by atoms with Crippen molar-refractivity contribution in [3.05, 3.63) is 41.0 Å². The second-order valence-corrected chi connectivity index (χ2v) is 7.65. The van der Waals surface area contributed by atoms with E-state index in [0.717, 1.165) is 55.7 Å². The van der Waals surface area contributed by atoms with Crippen LogP contribution in [-0.2, 0) is 6.42 Å². The largest absolute Gasteiger partial charge is 0.462 e. The number of hydrogen-bond acceptors (Lipinski definition) is 7. The molecule has 1 fully saturated rings. The van der Waals surface area contributed by atoms with Crippen LogP contribution in [0.25, 0.3) is 5.65 Å². The Kier molecular flexibility index (Phi) is 5.89. The van der Waals surface area contributed by atoms with Gasteiger partial charge in [0.05, 0.1) is 18.5 Å². The zero-order chi connectivity index (χ0) is 20.2. The van der Waals surface area contributed by atoms with E-state index in [2.05, 4.69) is 46.4 Å². The fourth-order valence-corrected chi connectivity index (χ4v) is 3.75. The maximum absolute atomic E-state index is 6.07. The van der Waals surface area contributed by atoms with Crippen molar-refractivity contribution in [3.8, 4) is 6.01 Å². The van der Waals surface area contributed by atoms with Crippen LogP contribution in [0.3, 0.4) is 0 Å². The second-order valence-electron chi connectivity index (χ2n) is 7.65. The summed E-state index contributed by atoms with van der Waals surface area (Å²) in [6.45, 7) is 6.90. The highest BCUT2D eigenvalue weighted by atomic mass is 16.5. The summed E-state index contributed by atoms with van der Waals surface area (Å²) >= 11 is 0. The van der Waals surface area contributed by atoms with Gasteiger partial charge in [-0.05, 0) is 50.9 Å². The van der Waals surface area contributed by atoms with Gasteiger partial charge in [0.1, 0.15) is 0 Å². The number of nitrogens with two attached hydrogens (primary N) is 1. The number of unbranched alkanes of at least 4 members (excludes halogenated alkanes) is 1. The average Bonchev–Trinajstić information content (AvgIpc) is 3.14. The van der Waals surface area contributed by atoms with Gasteiger partial charge >= 0.3 is 6.01 Å². The van der Waals surface area contributed by atoms with Crippen molar-refractivity contribution in [3.63, 3.8) is 0 Å². The van der Waals surface area contributed by atoms with Crippen molar-refractivity contribution in [2.75, 3.05) is 25.4 Å². The molecule has 0 aromatic carbocycles. The van der Waals surface area contributed by atoms with Crippen LogP contribution < -0.4 is 15.8 Å². The molecule has 0 unspecified atom stereocenters. The zero-order valence-electron chi connectivity index (χ0n) is 17.2. The van der Waals surface area contributed by atoms with Gasteiger partial charge in [-0.25, -0.2) is 9.50 Å². The fourth-order valence-electron chi connectivity index (χ4n) is 3.75. The molecule has 154 valence electrons. The van der Waals surface area contributed by atoms with E-state index < -0.39 is 0 Å². The lowest BCUT2D eigenvalue weighted by Crippen LogP contribution is -2.27. The summed E-state index contributed by atoms with van der Waals surface area (Å²) in [5, 5.41) is 7.91. The summed E-state index contributed by atoms with van der Waals surface area (Å²) in [6.07, 6.45) is 6.78. The highest BCUT2D eigenvalue weighted by molar-refractivity contribution is 5.59. The van der Waals surface area contributed by atoms with Crippen LogP contribution in [0.4, 0.5) is 5.82 Å². The predicted octanol–water partition coefficient (Wildman–Crippen LogP) is 2.65. The van der Waals surface area contributed by atoms with Gasteiger partial charge < -0.3 is 15.8 Å². The number of nitrogens with one attached hydrogen (secondary N) is 1. The van der Waals surface area contributed by atoms with Crippen molar-refractivity contribution in [2.45, 2.75) is 51.9 Å². The molecule has 8 nitrogen and oxygen atoms in total. The van der Waals surface area contributed by atoms with Gasteiger partial charge in [-0.2, -0.15) is 4.98 Å². The number of imidazole rings is 1. The molecule has 0 radical (unpaired) electrons. The Labute approximate surface area is 170 Å². The van der Waals surface area contributed by atoms with Crippen LogP contribution >= 0.6 is 0 Å². The normalized spacial score (nSPS) is 15.1. The first-order valence-electron chi connectivity index (χ1n) is 10.5. The van der Waals surface area contributed by atoms with Crippen LogP contribution in [0.2, 0.25) is 0 Å². The topological polar surface area (TPSA) is 103 Å². The maximum Gasteiger partial charge on any atom is 0.336 e. The van der Waals surface area contributed by atoms with Gasteiger partial charge in [0.15, 0.2) is 11.5 Å². The molecule has 1 aliphatic rings. The van der Waals surface area contributed by atoms with Crippen molar-refractivity contribution in [2.24, 2.45) is 0 Å². The van der Waals surface area contributed by atoms with E-state index in [1.54, 1.807) is 10.7 Å². The van der Waals surface area contributed by atoms with Crippen LogP contribution in [0.1, 0.15) is 61.2 Å². The number of piperidine rings is 1. The van der Waals surface area contributed by atoms with E-state index in [-0.39, 0.29) is 0 Å². The highest BCUT2D eigenvalue weighted by Gasteiger charge is 2.18. The summed E-state index contributed by atoms with van der Waals surface area (Å²) in [4.78, 5) is 13.5. The molecule has 0 atom stereocenters. The summed E-state index contributed by atoms with van der Waals surface area (Å²) in [5.74, 6) is 0.879. The number of nitrogens with zero attached hydrogens (tertiary/aromatic N) is 5. The third-order valence-electron chi connectivity index (χ3n) is 5.51. The van der Waals surface area contributed by atoms with Crippen LogP contribution in [0.5, 0.6) is 6.01 Å². The Morgan fingerprint density at radius 1 is 1.24 bits per heavy atom. The molecule has 0 aliphatic carbocycles. The maximum atomic E-state index is 6.07. The van der Waals surface area contributed by atoms with Gasteiger partial charge in [-0.15, -0.1) is 5.10 Å². The molecule has 1 saturated heterocycles. The highest BCUT2D eigenvalue weighted by Crippen LogP contribution is 2.25. The van der Waals surface area contributed by atoms with E-state index in [1.165, 1.54) is 5.69 Å². The Bertz CT molecular complexity index is 979. The molecule has 0 amide bonds. The lowest BCUT2D eigenvalue weighted by Gasteiger charge is -2.22. The van der Waals surface area contributed by atoms with E-state index in [9.17, 15) is 0 Å². The van der Waals surface area contributed by atoms with Crippen LogP contribution in [0, 0.1) is 6.92 Å². The number of aromatic nitrogens is 5. The minimum Gasteiger partial charge on any atom is -0.462 e. The smallest absolute Gasteiger partial charge is 0.336 e. The second kappa shape index (κ2) is 8.73. The zero-order valence-corrected chi connectivity index (χ0v) is 17.2. The van der Waals surface area contributed by atoms with E-state index >= 15 is 0 Å². The van der Waals surface area contributed by atoms with Crippen molar-refractivity contribution >= 4 is 11.5 Å². The Morgan fingerprint density at radius 2 is 2.07 bits per heavy atom. The Morgan fingerprint density at radius 3 is 2.83 bits per heavy atom. The molecule has 29 heavy (non-hydrogen) atoms. The monoisotopic (exact) mass is 395 g/mol. The number of nitrogen functional groups attached to an aromatic ring is 1.